The molecule has 0 aliphatic heterocycles. The molecule has 7 nitrogen and oxygen atoms in total. The average molecular weight is 417 g/mol. The minimum absolute atomic E-state index is 0.0963. The highest BCUT2D eigenvalue weighted by Crippen LogP contribution is 2.11. The predicted molar refractivity (Wildman–Crippen MR) is 117 cm³/mol. The zero-order valence-corrected chi connectivity index (χ0v) is 17.8. The summed E-state index contributed by atoms with van der Waals surface area (Å²) in [5, 5.41) is 8.98. The number of anilines is 1. The van der Waals surface area contributed by atoms with E-state index in [0.29, 0.717) is 23.8 Å². The minimum Gasteiger partial charge on any atom is -0.356 e. The van der Waals surface area contributed by atoms with Crippen molar-refractivity contribution in [2.75, 3.05) is 31.7 Å². The summed E-state index contributed by atoms with van der Waals surface area (Å²) in [5.74, 6) is 0.368. The molecule has 0 aromatic heterocycles. The summed E-state index contributed by atoms with van der Waals surface area (Å²) in [6, 6.07) is 14.6. The van der Waals surface area contributed by atoms with Gasteiger partial charge in [-0.15, -0.1) is 0 Å². The Morgan fingerprint density at radius 2 is 1.76 bits per heavy atom. The molecule has 2 aromatic rings. The van der Waals surface area contributed by atoms with Crippen LogP contribution in [0.3, 0.4) is 0 Å². The van der Waals surface area contributed by atoms with Gasteiger partial charge in [-0.1, -0.05) is 31.2 Å². The number of sulfone groups is 1. The lowest BCUT2D eigenvalue weighted by molar-refractivity contribution is -0.115. The molecule has 2 rings (SSSR count). The van der Waals surface area contributed by atoms with Crippen LogP contribution in [0, 0.1) is 0 Å². The van der Waals surface area contributed by atoms with Crippen LogP contribution in [0.5, 0.6) is 0 Å². The van der Waals surface area contributed by atoms with Crippen LogP contribution in [0.25, 0.3) is 0 Å². The molecular formula is C21H28N4O3S. The molecule has 8 heteroatoms. The second-order valence-electron chi connectivity index (χ2n) is 6.62. The van der Waals surface area contributed by atoms with E-state index in [2.05, 4.69) is 27.9 Å². The Labute approximate surface area is 172 Å². The Bertz CT molecular complexity index is 954. The van der Waals surface area contributed by atoms with Gasteiger partial charge in [0.05, 0.1) is 11.4 Å². The summed E-state index contributed by atoms with van der Waals surface area (Å²) in [5.41, 5.74) is 2.95. The molecule has 3 N–H and O–H groups in total. The molecule has 0 bridgehead atoms. The summed E-state index contributed by atoms with van der Waals surface area (Å²) in [4.78, 5) is 16.5. The fourth-order valence-corrected chi connectivity index (χ4v) is 3.32. The van der Waals surface area contributed by atoms with Gasteiger partial charge in [-0.2, -0.15) is 0 Å². The lowest BCUT2D eigenvalue weighted by Gasteiger charge is -2.12. The molecular weight excluding hydrogens is 388 g/mol. The smallest absolute Gasteiger partial charge is 0.243 e. The molecule has 0 spiro atoms. The molecule has 0 aliphatic carbocycles. The largest absolute Gasteiger partial charge is 0.356 e. The van der Waals surface area contributed by atoms with Gasteiger partial charge in [-0.05, 0) is 48.2 Å². The summed E-state index contributed by atoms with van der Waals surface area (Å²) >= 11 is 0. The second-order valence-corrected chi connectivity index (χ2v) is 8.64. The number of aliphatic imine (C=N–C) groups is 1. The number of rotatable bonds is 8. The van der Waals surface area contributed by atoms with Gasteiger partial charge in [-0.25, -0.2) is 8.42 Å². The van der Waals surface area contributed by atoms with E-state index in [4.69, 9.17) is 0 Å². The molecule has 29 heavy (non-hydrogen) atoms. The fourth-order valence-electron chi connectivity index (χ4n) is 2.69. The van der Waals surface area contributed by atoms with E-state index in [0.717, 1.165) is 23.2 Å². The topological polar surface area (TPSA) is 99.7 Å². The van der Waals surface area contributed by atoms with Crippen molar-refractivity contribution in [1.29, 1.82) is 0 Å². The van der Waals surface area contributed by atoms with Gasteiger partial charge in [0, 0.05) is 25.5 Å². The Morgan fingerprint density at radius 3 is 2.38 bits per heavy atom. The number of carbonyl (C=O) groups excluding carboxylic acids is 1. The van der Waals surface area contributed by atoms with Gasteiger partial charge >= 0.3 is 0 Å². The standard InChI is InChI=1S/C21H28N4O3S/c1-4-16-6-5-7-18(14-16)25-20(26)15-24-21(22-2)23-13-12-17-8-10-19(11-9-17)29(3,27)28/h5-11,14H,4,12-13,15H2,1-3H3,(H,25,26)(H2,22,23,24). The predicted octanol–water partition coefficient (Wildman–Crippen LogP) is 2.00. The summed E-state index contributed by atoms with van der Waals surface area (Å²) in [7, 11) is -1.54. The van der Waals surface area contributed by atoms with Crippen LogP contribution in [0.2, 0.25) is 0 Å². The maximum Gasteiger partial charge on any atom is 0.243 e. The number of hydrogen-bond donors (Lipinski definition) is 3. The first-order valence-corrected chi connectivity index (χ1v) is 11.3. The van der Waals surface area contributed by atoms with Crippen molar-refractivity contribution in [3.63, 3.8) is 0 Å². The van der Waals surface area contributed by atoms with Crippen molar-refractivity contribution < 1.29 is 13.2 Å². The van der Waals surface area contributed by atoms with Crippen LogP contribution in [0.1, 0.15) is 18.1 Å². The maximum absolute atomic E-state index is 12.1. The molecule has 0 heterocycles. The third-order valence-electron chi connectivity index (χ3n) is 4.32. The van der Waals surface area contributed by atoms with Crippen LogP contribution in [0.15, 0.2) is 58.4 Å². The van der Waals surface area contributed by atoms with E-state index in [1.54, 1.807) is 31.3 Å². The normalized spacial score (nSPS) is 11.8. The first kappa shape index (κ1) is 22.4. The maximum atomic E-state index is 12.1. The highest BCUT2D eigenvalue weighted by molar-refractivity contribution is 7.90. The molecule has 0 unspecified atom stereocenters. The molecule has 1 amide bonds. The molecule has 2 aromatic carbocycles. The summed E-state index contributed by atoms with van der Waals surface area (Å²) in [6.45, 7) is 2.76. The number of nitrogens with zero attached hydrogens (tertiary/aromatic N) is 1. The SMILES string of the molecule is CCc1cccc(NC(=O)CNC(=NC)NCCc2ccc(S(C)(=O)=O)cc2)c1. The first-order chi connectivity index (χ1) is 13.8. The number of aryl methyl sites for hydroxylation is 1. The van der Waals surface area contributed by atoms with Crippen molar-refractivity contribution in [2.24, 2.45) is 4.99 Å². The number of carbonyl (C=O) groups is 1. The molecule has 0 saturated carbocycles. The highest BCUT2D eigenvalue weighted by atomic mass is 32.2. The Hall–Kier alpha value is -2.87. The van der Waals surface area contributed by atoms with Gasteiger partial charge in [-0.3, -0.25) is 9.79 Å². The molecule has 156 valence electrons. The fraction of sp³-hybridized carbons (Fsp3) is 0.333. The number of guanidine groups is 1. The van der Waals surface area contributed by atoms with E-state index in [1.807, 2.05) is 24.3 Å². The number of nitrogens with one attached hydrogen (secondary N) is 3. The van der Waals surface area contributed by atoms with Gasteiger partial charge in [0.1, 0.15) is 0 Å². The van der Waals surface area contributed by atoms with Crippen LogP contribution < -0.4 is 16.0 Å². The number of hydrogen-bond acceptors (Lipinski definition) is 4. The molecule has 0 aliphatic rings. The monoisotopic (exact) mass is 416 g/mol. The van der Waals surface area contributed by atoms with E-state index in [-0.39, 0.29) is 12.5 Å². The van der Waals surface area contributed by atoms with Crippen molar-refractivity contribution in [1.82, 2.24) is 10.6 Å². The molecule has 0 radical (unpaired) electrons. The van der Waals surface area contributed by atoms with Crippen molar-refractivity contribution in [2.45, 2.75) is 24.7 Å². The highest BCUT2D eigenvalue weighted by Gasteiger charge is 2.07. The Balaban J connectivity index is 1.76. The molecule has 0 saturated heterocycles. The lowest BCUT2D eigenvalue weighted by atomic mass is 10.1. The van der Waals surface area contributed by atoms with Crippen molar-refractivity contribution >= 4 is 27.4 Å². The van der Waals surface area contributed by atoms with Gasteiger partial charge in [0.2, 0.25) is 5.91 Å². The van der Waals surface area contributed by atoms with Gasteiger partial charge in [0.25, 0.3) is 0 Å². The Morgan fingerprint density at radius 1 is 1.03 bits per heavy atom. The van der Waals surface area contributed by atoms with E-state index < -0.39 is 9.84 Å². The molecule has 0 atom stereocenters. The third kappa shape index (κ3) is 7.57. The zero-order valence-electron chi connectivity index (χ0n) is 17.0. The first-order valence-electron chi connectivity index (χ1n) is 9.44. The van der Waals surface area contributed by atoms with Crippen LogP contribution in [-0.4, -0.2) is 46.7 Å². The van der Waals surface area contributed by atoms with Crippen LogP contribution >= 0.6 is 0 Å². The van der Waals surface area contributed by atoms with Crippen LogP contribution in [0.4, 0.5) is 5.69 Å². The van der Waals surface area contributed by atoms with Crippen LogP contribution in [-0.2, 0) is 27.5 Å². The van der Waals surface area contributed by atoms with E-state index in [1.165, 1.54) is 6.26 Å². The van der Waals surface area contributed by atoms with Gasteiger partial charge < -0.3 is 16.0 Å². The quantitative estimate of drug-likeness (QED) is 0.451. The zero-order chi connectivity index (χ0) is 21.3. The van der Waals surface area contributed by atoms with Crippen molar-refractivity contribution in [3.8, 4) is 0 Å². The van der Waals surface area contributed by atoms with E-state index >= 15 is 0 Å². The second kappa shape index (κ2) is 10.6. The number of amides is 1. The summed E-state index contributed by atoms with van der Waals surface area (Å²) in [6.07, 6.45) is 2.80. The molecule has 0 fully saturated rings. The Kier molecular flexibility index (Phi) is 8.21. The van der Waals surface area contributed by atoms with Gasteiger partial charge in [0.15, 0.2) is 15.8 Å². The summed E-state index contributed by atoms with van der Waals surface area (Å²) < 4.78 is 23.0. The van der Waals surface area contributed by atoms with Crippen molar-refractivity contribution in [3.05, 3.63) is 59.7 Å². The third-order valence-corrected chi connectivity index (χ3v) is 5.45. The van der Waals surface area contributed by atoms with E-state index in [9.17, 15) is 13.2 Å². The number of benzene rings is 2. The average Bonchev–Trinajstić information content (AvgIpc) is 2.70. The lowest BCUT2D eigenvalue weighted by Crippen LogP contribution is -2.42. The minimum atomic E-state index is -3.18.